The van der Waals surface area contributed by atoms with Crippen molar-refractivity contribution in [1.29, 1.82) is 0 Å². The first kappa shape index (κ1) is 24.1. The van der Waals surface area contributed by atoms with E-state index < -0.39 is 5.51 Å². The molecule has 1 fully saturated rings. The van der Waals surface area contributed by atoms with E-state index in [2.05, 4.69) is 25.5 Å². The number of anilines is 1. The first-order valence-electron chi connectivity index (χ1n) is 10.6. The Morgan fingerprint density at radius 3 is 2.53 bits per heavy atom. The number of urea groups is 1. The highest BCUT2D eigenvalue weighted by atomic mass is 32.2. The average Bonchev–Trinajstić information content (AvgIpc) is 3.26. The Bertz CT molecular complexity index is 1110. The molecule has 0 atom stereocenters. The van der Waals surface area contributed by atoms with Crippen molar-refractivity contribution in [1.82, 2.24) is 25.1 Å². The number of rotatable bonds is 5. The summed E-state index contributed by atoms with van der Waals surface area (Å²) in [6.45, 7) is 6.47. The fraction of sp³-hybridized carbons (Fsp3) is 0.429. The van der Waals surface area contributed by atoms with Crippen molar-refractivity contribution in [2.75, 3.05) is 31.5 Å². The maximum atomic E-state index is 12.7. The summed E-state index contributed by atoms with van der Waals surface area (Å²) >= 11 is -0.191. The van der Waals surface area contributed by atoms with Crippen molar-refractivity contribution in [2.45, 2.75) is 37.2 Å². The molecule has 1 saturated heterocycles. The molecule has 2 amide bonds. The molecule has 3 aromatic rings. The average molecular weight is 497 g/mol. The van der Waals surface area contributed by atoms with Crippen LogP contribution < -0.4 is 5.32 Å². The molecule has 1 aliphatic rings. The molecule has 9 nitrogen and oxygen atoms in total. The lowest BCUT2D eigenvalue weighted by Gasteiger charge is -2.21. The van der Waals surface area contributed by atoms with Crippen molar-refractivity contribution in [3.8, 4) is 11.5 Å². The second-order valence-electron chi connectivity index (χ2n) is 7.83. The minimum atomic E-state index is -4.35. The topological polar surface area (TPSA) is 101 Å². The number of carbonyl (C=O) groups excluding carboxylic acids is 1. The number of amides is 2. The molecule has 0 bridgehead atoms. The van der Waals surface area contributed by atoms with E-state index in [9.17, 15) is 18.0 Å². The van der Waals surface area contributed by atoms with Crippen LogP contribution in [0.15, 0.2) is 38.2 Å². The lowest BCUT2D eigenvalue weighted by Crippen LogP contribution is -2.38. The highest BCUT2D eigenvalue weighted by Gasteiger charge is 2.29. The molecule has 0 unspecified atom stereocenters. The van der Waals surface area contributed by atoms with Gasteiger partial charge in [0.1, 0.15) is 11.3 Å². The third-order valence-corrected chi connectivity index (χ3v) is 6.03. The van der Waals surface area contributed by atoms with Gasteiger partial charge in [-0.15, -0.1) is 0 Å². The number of thioether (sulfide) groups is 1. The van der Waals surface area contributed by atoms with Crippen LogP contribution in [0.25, 0.3) is 11.5 Å². The largest absolute Gasteiger partial charge is 0.446 e. The summed E-state index contributed by atoms with van der Waals surface area (Å²) in [6.07, 6.45) is 0.753. The van der Waals surface area contributed by atoms with Gasteiger partial charge in [-0.3, -0.25) is 4.90 Å². The highest BCUT2D eigenvalue weighted by Crippen LogP contribution is 2.37. The van der Waals surface area contributed by atoms with Crippen LogP contribution in [0.5, 0.6) is 0 Å². The molecular formula is C21H23F3N6O3S. The van der Waals surface area contributed by atoms with Crippen molar-refractivity contribution in [3.63, 3.8) is 0 Å². The number of benzene rings is 1. The van der Waals surface area contributed by atoms with Crippen molar-refractivity contribution >= 4 is 23.5 Å². The molecule has 1 aliphatic heterocycles. The third kappa shape index (κ3) is 6.08. The van der Waals surface area contributed by atoms with Crippen LogP contribution in [0, 0.1) is 13.8 Å². The predicted octanol–water partition coefficient (Wildman–Crippen LogP) is 4.69. The summed E-state index contributed by atoms with van der Waals surface area (Å²) in [5.74, 6) is 1.50. The number of hydrogen-bond acceptors (Lipinski definition) is 8. The van der Waals surface area contributed by atoms with Gasteiger partial charge in [-0.25, -0.2) is 4.79 Å². The number of aryl methyl sites for hydroxylation is 2. The van der Waals surface area contributed by atoms with Crippen molar-refractivity contribution in [2.24, 2.45) is 0 Å². The van der Waals surface area contributed by atoms with Crippen LogP contribution >= 0.6 is 11.8 Å². The zero-order valence-electron chi connectivity index (χ0n) is 18.6. The summed E-state index contributed by atoms with van der Waals surface area (Å²) in [5, 5.41) is 10.7. The van der Waals surface area contributed by atoms with Gasteiger partial charge in [-0.05, 0) is 56.3 Å². The number of nitrogens with zero attached hydrogens (tertiary/aromatic N) is 5. The first-order chi connectivity index (χ1) is 16.2. The van der Waals surface area contributed by atoms with E-state index in [1.54, 1.807) is 18.7 Å². The van der Waals surface area contributed by atoms with E-state index in [1.165, 1.54) is 24.3 Å². The zero-order valence-corrected chi connectivity index (χ0v) is 19.4. The summed E-state index contributed by atoms with van der Waals surface area (Å²) < 4.78 is 47.9. The van der Waals surface area contributed by atoms with E-state index in [0.29, 0.717) is 60.6 Å². The third-order valence-electron chi connectivity index (χ3n) is 5.30. The number of carbonyl (C=O) groups is 1. The predicted molar refractivity (Wildman–Crippen MR) is 118 cm³/mol. The molecule has 3 heterocycles. The summed E-state index contributed by atoms with van der Waals surface area (Å²) in [6, 6.07) is 5.30. The van der Waals surface area contributed by atoms with Gasteiger partial charge in [0, 0.05) is 36.8 Å². The van der Waals surface area contributed by atoms with Crippen LogP contribution in [0.3, 0.4) is 0 Å². The van der Waals surface area contributed by atoms with Crippen LogP contribution in [0.1, 0.15) is 23.7 Å². The molecule has 0 spiro atoms. The Balaban J connectivity index is 1.30. The molecule has 1 aromatic carbocycles. The minimum absolute atomic E-state index is 0.0647. The van der Waals surface area contributed by atoms with Gasteiger partial charge < -0.3 is 19.3 Å². The van der Waals surface area contributed by atoms with E-state index in [1.807, 2.05) is 0 Å². The molecular weight excluding hydrogens is 473 g/mol. The zero-order chi connectivity index (χ0) is 24.3. The Kier molecular flexibility index (Phi) is 7.12. The molecule has 0 saturated carbocycles. The quantitative estimate of drug-likeness (QED) is 0.508. The first-order valence-corrected chi connectivity index (χ1v) is 11.4. The van der Waals surface area contributed by atoms with Gasteiger partial charge in [0.2, 0.25) is 0 Å². The highest BCUT2D eigenvalue weighted by molar-refractivity contribution is 8.00. The Morgan fingerprint density at radius 1 is 1.09 bits per heavy atom. The summed E-state index contributed by atoms with van der Waals surface area (Å²) in [4.78, 5) is 21.0. The van der Waals surface area contributed by atoms with Crippen molar-refractivity contribution < 1.29 is 27.0 Å². The van der Waals surface area contributed by atoms with Gasteiger partial charge in [0.25, 0.3) is 5.89 Å². The molecule has 34 heavy (non-hydrogen) atoms. The molecule has 1 N–H and O–H groups in total. The van der Waals surface area contributed by atoms with Gasteiger partial charge in [-0.2, -0.15) is 18.2 Å². The van der Waals surface area contributed by atoms with E-state index in [4.69, 9.17) is 9.05 Å². The lowest BCUT2D eigenvalue weighted by atomic mass is 10.2. The normalized spacial score (nSPS) is 15.4. The Labute approximate surface area is 197 Å². The Morgan fingerprint density at radius 2 is 1.85 bits per heavy atom. The van der Waals surface area contributed by atoms with Crippen LogP contribution in [0.2, 0.25) is 0 Å². The molecule has 2 aromatic heterocycles. The van der Waals surface area contributed by atoms with E-state index in [-0.39, 0.29) is 22.7 Å². The molecule has 13 heteroatoms. The van der Waals surface area contributed by atoms with Gasteiger partial charge in [-0.1, -0.05) is 10.3 Å². The lowest BCUT2D eigenvalue weighted by molar-refractivity contribution is -0.0328. The standard InChI is InChI=1S/C21H23F3N6O3S/c1-13-18(14(2)32-27-13)19-26-17(28-33-19)12-29-8-3-9-30(11-10-29)20(31)25-15-4-6-16(7-5-15)34-21(22,23)24/h4-7H,3,8-12H2,1-2H3,(H,25,31). The second-order valence-corrected chi connectivity index (χ2v) is 8.97. The van der Waals surface area contributed by atoms with E-state index in [0.717, 1.165) is 13.0 Å². The van der Waals surface area contributed by atoms with Crippen molar-refractivity contribution in [3.05, 3.63) is 41.5 Å². The maximum Gasteiger partial charge on any atom is 0.446 e. The Hall–Kier alpha value is -3.06. The fourth-order valence-corrected chi connectivity index (χ4v) is 4.22. The minimum Gasteiger partial charge on any atom is -0.361 e. The molecule has 0 radical (unpaired) electrons. The maximum absolute atomic E-state index is 12.7. The van der Waals surface area contributed by atoms with Crippen LogP contribution in [-0.2, 0) is 6.54 Å². The number of alkyl halides is 3. The monoisotopic (exact) mass is 496 g/mol. The summed E-state index contributed by atoms with van der Waals surface area (Å²) in [7, 11) is 0. The van der Waals surface area contributed by atoms with Gasteiger partial charge in [0.15, 0.2) is 5.82 Å². The number of aromatic nitrogens is 3. The summed E-state index contributed by atoms with van der Waals surface area (Å²) in [5.41, 5.74) is -2.53. The number of halogens is 3. The van der Waals surface area contributed by atoms with E-state index >= 15 is 0 Å². The SMILES string of the molecule is Cc1noc(C)c1-c1nc(CN2CCCN(C(=O)Nc3ccc(SC(F)(F)F)cc3)CC2)no1. The van der Waals surface area contributed by atoms with Gasteiger partial charge >= 0.3 is 11.5 Å². The molecule has 4 rings (SSSR count). The number of hydrogen-bond donors (Lipinski definition) is 1. The second kappa shape index (κ2) is 10.1. The molecule has 0 aliphatic carbocycles. The van der Waals surface area contributed by atoms with Crippen LogP contribution in [-0.4, -0.2) is 62.8 Å². The number of nitrogens with one attached hydrogen (secondary N) is 1. The smallest absolute Gasteiger partial charge is 0.361 e. The fourth-order valence-electron chi connectivity index (χ4n) is 3.68. The van der Waals surface area contributed by atoms with Crippen LogP contribution in [0.4, 0.5) is 23.7 Å². The van der Waals surface area contributed by atoms with Gasteiger partial charge in [0.05, 0.1) is 12.2 Å². The molecule has 182 valence electrons.